The van der Waals surface area contributed by atoms with Crippen LogP contribution in [0.2, 0.25) is 0 Å². The van der Waals surface area contributed by atoms with Gasteiger partial charge >= 0.3 is 0 Å². The van der Waals surface area contributed by atoms with Gasteiger partial charge in [-0.1, -0.05) is 134 Å². The van der Waals surface area contributed by atoms with Crippen molar-refractivity contribution in [1.82, 2.24) is 0 Å². The minimum Gasteiger partial charge on any atom is -0.496 e. The average molecular weight is 622 g/mol. The second-order valence-corrected chi connectivity index (χ2v) is 13.2. The molecule has 0 spiro atoms. The van der Waals surface area contributed by atoms with E-state index >= 15 is 0 Å². The fraction of sp³-hybridized carbons (Fsp3) is 0.233. The van der Waals surface area contributed by atoms with Crippen LogP contribution in [0.15, 0.2) is 127 Å². The van der Waals surface area contributed by atoms with E-state index in [9.17, 15) is 4.79 Å². The van der Waals surface area contributed by atoms with Crippen LogP contribution >= 0.6 is 0 Å². The van der Waals surface area contributed by atoms with E-state index in [2.05, 4.69) is 132 Å². The molecule has 5 aromatic carbocycles. The van der Waals surface area contributed by atoms with E-state index in [4.69, 9.17) is 9.57 Å². The SMILES string of the molecule is COc1ccc(C(C)(C)c2ccccc2)cc1[C@@H]1[C@@H](C(=O)/C=C/c2ccc(C)cc2)[C@H](c2ccc(C)cc2)ON1c1ccc(C)cc1. The van der Waals surface area contributed by atoms with Gasteiger partial charge in [-0.25, -0.2) is 5.06 Å². The maximum absolute atomic E-state index is 14.6. The number of aryl methyl sites for hydroxylation is 3. The van der Waals surface area contributed by atoms with Gasteiger partial charge < -0.3 is 4.74 Å². The number of anilines is 1. The molecule has 3 atom stereocenters. The number of rotatable bonds is 9. The number of allylic oxidation sites excluding steroid dienone is 1. The van der Waals surface area contributed by atoms with Crippen LogP contribution in [0.25, 0.3) is 6.08 Å². The van der Waals surface area contributed by atoms with E-state index in [0.717, 1.165) is 39.1 Å². The zero-order valence-corrected chi connectivity index (χ0v) is 28.1. The molecule has 47 heavy (non-hydrogen) atoms. The van der Waals surface area contributed by atoms with E-state index in [1.54, 1.807) is 13.2 Å². The zero-order valence-electron chi connectivity index (χ0n) is 28.1. The molecule has 4 heteroatoms. The zero-order chi connectivity index (χ0) is 33.1. The number of hydrogen-bond donors (Lipinski definition) is 0. The Bertz CT molecular complexity index is 1860. The van der Waals surface area contributed by atoms with Crippen LogP contribution in [0.1, 0.15) is 70.5 Å². The topological polar surface area (TPSA) is 38.8 Å². The number of hydroxylamine groups is 1. The predicted molar refractivity (Wildman–Crippen MR) is 192 cm³/mol. The second-order valence-electron chi connectivity index (χ2n) is 13.2. The fourth-order valence-corrected chi connectivity index (χ4v) is 6.47. The van der Waals surface area contributed by atoms with Crippen molar-refractivity contribution in [2.75, 3.05) is 12.2 Å². The summed E-state index contributed by atoms with van der Waals surface area (Å²) in [6.45, 7) is 10.7. The molecular formula is C43H43NO3. The third kappa shape index (κ3) is 6.65. The molecule has 238 valence electrons. The van der Waals surface area contributed by atoms with E-state index in [1.165, 1.54) is 11.1 Å². The molecule has 6 rings (SSSR count). The molecule has 1 saturated heterocycles. The van der Waals surface area contributed by atoms with E-state index in [-0.39, 0.29) is 11.2 Å². The van der Waals surface area contributed by atoms with Gasteiger partial charge in [-0.2, -0.15) is 0 Å². The Morgan fingerprint density at radius 1 is 0.745 bits per heavy atom. The highest BCUT2D eigenvalue weighted by atomic mass is 16.7. The molecule has 1 fully saturated rings. The molecule has 1 aliphatic rings. The van der Waals surface area contributed by atoms with Crippen molar-refractivity contribution in [2.24, 2.45) is 5.92 Å². The minimum absolute atomic E-state index is 0.00876. The summed E-state index contributed by atoms with van der Waals surface area (Å²) < 4.78 is 6.05. The molecule has 0 N–H and O–H groups in total. The molecule has 1 heterocycles. The molecular weight excluding hydrogens is 578 g/mol. The first-order valence-corrected chi connectivity index (χ1v) is 16.3. The van der Waals surface area contributed by atoms with Gasteiger partial charge in [0.1, 0.15) is 11.9 Å². The van der Waals surface area contributed by atoms with Crippen LogP contribution in [0.3, 0.4) is 0 Å². The molecule has 0 saturated carbocycles. The lowest BCUT2D eigenvalue weighted by Crippen LogP contribution is -2.29. The fourth-order valence-electron chi connectivity index (χ4n) is 6.47. The number of ether oxygens (including phenoxy) is 1. The molecule has 0 unspecified atom stereocenters. The number of nitrogens with zero attached hydrogens (tertiary/aromatic N) is 1. The first kappa shape index (κ1) is 32.0. The smallest absolute Gasteiger partial charge is 0.164 e. The minimum atomic E-state index is -0.565. The Hall–Kier alpha value is -4.93. The number of carbonyl (C=O) groups excluding carboxylic acids is 1. The maximum Gasteiger partial charge on any atom is 0.164 e. The highest BCUT2D eigenvalue weighted by Crippen LogP contribution is 2.52. The molecule has 4 nitrogen and oxygen atoms in total. The molecule has 1 aliphatic heterocycles. The van der Waals surface area contributed by atoms with Crippen LogP contribution < -0.4 is 9.80 Å². The normalized spacial score (nSPS) is 18.1. The van der Waals surface area contributed by atoms with Gasteiger partial charge in [-0.05, 0) is 73.4 Å². The highest BCUT2D eigenvalue weighted by molar-refractivity contribution is 5.97. The molecule has 0 aliphatic carbocycles. The van der Waals surface area contributed by atoms with Gasteiger partial charge in [0.15, 0.2) is 5.78 Å². The van der Waals surface area contributed by atoms with Gasteiger partial charge in [-0.15, -0.1) is 0 Å². The quantitative estimate of drug-likeness (QED) is 0.154. The summed E-state index contributed by atoms with van der Waals surface area (Å²) in [5.74, 6) is 0.142. The summed E-state index contributed by atoms with van der Waals surface area (Å²) in [7, 11) is 1.69. The third-order valence-electron chi connectivity index (χ3n) is 9.45. The van der Waals surface area contributed by atoms with Crippen molar-refractivity contribution in [2.45, 2.75) is 52.2 Å². The summed E-state index contributed by atoms with van der Waals surface area (Å²) >= 11 is 0. The Morgan fingerprint density at radius 3 is 1.96 bits per heavy atom. The van der Waals surface area contributed by atoms with Crippen molar-refractivity contribution < 1.29 is 14.4 Å². The molecule has 0 bridgehead atoms. The van der Waals surface area contributed by atoms with Gasteiger partial charge in [0.25, 0.3) is 0 Å². The van der Waals surface area contributed by atoms with Gasteiger partial charge in [0.05, 0.1) is 24.8 Å². The molecule has 0 amide bonds. The third-order valence-corrected chi connectivity index (χ3v) is 9.45. The number of carbonyl (C=O) groups is 1. The Kier molecular flexibility index (Phi) is 9.15. The summed E-state index contributed by atoms with van der Waals surface area (Å²) in [5.41, 5.74) is 9.24. The average Bonchev–Trinajstić information content (AvgIpc) is 3.49. The summed E-state index contributed by atoms with van der Waals surface area (Å²) in [6, 6.07) is 41.2. The van der Waals surface area contributed by atoms with Crippen LogP contribution in [-0.2, 0) is 15.0 Å². The van der Waals surface area contributed by atoms with E-state index < -0.39 is 18.1 Å². The van der Waals surface area contributed by atoms with Gasteiger partial charge in [-0.3, -0.25) is 9.63 Å². The maximum atomic E-state index is 14.6. The lowest BCUT2D eigenvalue weighted by Gasteiger charge is -2.31. The molecule has 0 aromatic heterocycles. The summed E-state index contributed by atoms with van der Waals surface area (Å²) in [6.07, 6.45) is 3.11. The van der Waals surface area contributed by atoms with Crippen molar-refractivity contribution in [3.8, 4) is 5.75 Å². The number of hydrogen-bond acceptors (Lipinski definition) is 4. The number of methoxy groups -OCH3 is 1. The van der Waals surface area contributed by atoms with E-state index in [1.807, 2.05) is 35.4 Å². The lowest BCUT2D eigenvalue weighted by atomic mass is 9.76. The summed E-state index contributed by atoms with van der Waals surface area (Å²) in [4.78, 5) is 21.5. The van der Waals surface area contributed by atoms with Crippen molar-refractivity contribution >= 4 is 17.5 Å². The van der Waals surface area contributed by atoms with Crippen LogP contribution in [0.4, 0.5) is 5.69 Å². The molecule has 5 aromatic rings. The monoisotopic (exact) mass is 621 g/mol. The largest absolute Gasteiger partial charge is 0.496 e. The van der Waals surface area contributed by atoms with Gasteiger partial charge in [0.2, 0.25) is 0 Å². The Morgan fingerprint density at radius 2 is 1.34 bits per heavy atom. The predicted octanol–water partition coefficient (Wildman–Crippen LogP) is 10.1. The Balaban J connectivity index is 1.54. The van der Waals surface area contributed by atoms with Crippen molar-refractivity contribution in [3.63, 3.8) is 0 Å². The van der Waals surface area contributed by atoms with Crippen LogP contribution in [-0.4, -0.2) is 12.9 Å². The van der Waals surface area contributed by atoms with Crippen LogP contribution in [0, 0.1) is 26.7 Å². The van der Waals surface area contributed by atoms with Crippen LogP contribution in [0.5, 0.6) is 5.75 Å². The first-order chi connectivity index (χ1) is 22.7. The van der Waals surface area contributed by atoms with Crippen molar-refractivity contribution in [1.29, 1.82) is 0 Å². The van der Waals surface area contributed by atoms with Crippen molar-refractivity contribution in [3.05, 3.63) is 172 Å². The Labute approximate surface area is 279 Å². The van der Waals surface area contributed by atoms with Gasteiger partial charge in [0, 0.05) is 11.0 Å². The number of ketones is 1. The molecule has 0 radical (unpaired) electrons. The highest BCUT2D eigenvalue weighted by Gasteiger charge is 2.49. The standard InChI is InChI=1S/C43H43NO3/c1-29-12-18-32(19-13-29)20-26-38(45)40-41(37-28-35(23-27-39(37)46-6)43(4,5)34-10-8-7-9-11-34)44(36-24-16-31(3)17-25-36)47-42(40)33-21-14-30(2)15-22-33/h7-28,40-42H,1-6H3/b26-20+/t40-,41-,42+/m1/s1. The second kappa shape index (κ2) is 13.4. The number of benzene rings is 5. The lowest BCUT2D eigenvalue weighted by molar-refractivity contribution is -0.120. The first-order valence-electron chi connectivity index (χ1n) is 16.3. The summed E-state index contributed by atoms with van der Waals surface area (Å²) in [5, 5.41) is 1.93. The van der Waals surface area contributed by atoms with E-state index in [0.29, 0.717) is 5.75 Å².